The molecule has 1 saturated heterocycles. The van der Waals surface area contributed by atoms with Crippen molar-refractivity contribution in [3.63, 3.8) is 0 Å². The molecule has 6 nitrogen and oxygen atoms in total. The number of carbonyl (C=O) groups excluding carboxylic acids is 3. The Morgan fingerprint density at radius 3 is 2.42 bits per heavy atom. The highest BCUT2D eigenvalue weighted by Crippen LogP contribution is 2.39. The van der Waals surface area contributed by atoms with Crippen molar-refractivity contribution in [1.29, 1.82) is 0 Å². The van der Waals surface area contributed by atoms with E-state index in [0.29, 0.717) is 12.0 Å². The summed E-state index contributed by atoms with van der Waals surface area (Å²) in [7, 11) is 0. The Labute approximate surface area is 192 Å². The van der Waals surface area contributed by atoms with Gasteiger partial charge in [-0.25, -0.2) is 4.79 Å². The van der Waals surface area contributed by atoms with E-state index in [0.717, 1.165) is 41.6 Å². The molecular weight excluding hydrogens is 414 g/mol. The number of imide groups is 1. The van der Waals surface area contributed by atoms with Crippen molar-refractivity contribution in [3.05, 3.63) is 101 Å². The summed E-state index contributed by atoms with van der Waals surface area (Å²) in [5.41, 5.74) is 3.07. The van der Waals surface area contributed by atoms with E-state index < -0.39 is 5.54 Å². The summed E-state index contributed by atoms with van der Waals surface area (Å²) in [6.07, 6.45) is 3.38. The van der Waals surface area contributed by atoms with Crippen LogP contribution in [0.2, 0.25) is 0 Å². The maximum Gasteiger partial charge on any atom is 0.325 e. The van der Waals surface area contributed by atoms with Gasteiger partial charge in [-0.1, -0.05) is 54.6 Å². The first kappa shape index (κ1) is 20.9. The molecule has 6 heteroatoms. The molecule has 3 aromatic carbocycles. The van der Waals surface area contributed by atoms with Crippen LogP contribution in [0.5, 0.6) is 0 Å². The predicted molar refractivity (Wildman–Crippen MR) is 126 cm³/mol. The highest BCUT2D eigenvalue weighted by molar-refractivity contribution is 6.07. The van der Waals surface area contributed by atoms with Crippen molar-refractivity contribution in [2.45, 2.75) is 37.8 Å². The van der Waals surface area contributed by atoms with Gasteiger partial charge in [-0.3, -0.25) is 14.5 Å². The average molecular weight is 440 g/mol. The van der Waals surface area contributed by atoms with E-state index in [1.54, 1.807) is 24.3 Å². The average Bonchev–Trinajstić information content (AvgIpc) is 2.97. The van der Waals surface area contributed by atoms with Crippen molar-refractivity contribution in [3.8, 4) is 0 Å². The number of amides is 4. The fourth-order valence-electron chi connectivity index (χ4n) is 4.79. The van der Waals surface area contributed by atoms with Gasteiger partial charge in [0.15, 0.2) is 0 Å². The second-order valence-electron chi connectivity index (χ2n) is 8.61. The first-order valence-corrected chi connectivity index (χ1v) is 11.2. The van der Waals surface area contributed by atoms with Crippen LogP contribution < -0.4 is 10.6 Å². The van der Waals surface area contributed by atoms with Crippen LogP contribution in [0.3, 0.4) is 0 Å². The molecule has 1 aliphatic heterocycles. The molecule has 4 amide bonds. The summed E-state index contributed by atoms with van der Waals surface area (Å²) in [6.45, 7) is 0.162. The van der Waals surface area contributed by atoms with Gasteiger partial charge in [0.2, 0.25) is 0 Å². The molecule has 0 aromatic heterocycles. The smallest absolute Gasteiger partial charge is 0.322 e. The molecule has 5 rings (SSSR count). The van der Waals surface area contributed by atoms with Gasteiger partial charge in [0.25, 0.3) is 11.8 Å². The minimum atomic E-state index is -0.986. The summed E-state index contributed by atoms with van der Waals surface area (Å²) in [5.74, 6) is -0.412. The zero-order chi connectivity index (χ0) is 22.8. The summed E-state index contributed by atoms with van der Waals surface area (Å²) >= 11 is 0. The molecule has 0 bridgehead atoms. The van der Waals surface area contributed by atoms with Crippen LogP contribution in [0.15, 0.2) is 78.9 Å². The minimum absolute atomic E-state index is 0.162. The topological polar surface area (TPSA) is 78.5 Å². The van der Waals surface area contributed by atoms with Crippen molar-refractivity contribution in [2.75, 3.05) is 5.32 Å². The fraction of sp³-hybridized carbons (Fsp3) is 0.222. The number of fused-ring (bicyclic) bond motifs is 2. The maximum absolute atomic E-state index is 13.6. The summed E-state index contributed by atoms with van der Waals surface area (Å²) in [6, 6.07) is 23.8. The Morgan fingerprint density at radius 2 is 1.64 bits per heavy atom. The normalized spacial score (nSPS) is 19.7. The number of aryl methyl sites for hydroxylation is 1. The van der Waals surface area contributed by atoms with Crippen LogP contribution in [-0.2, 0) is 23.3 Å². The van der Waals surface area contributed by atoms with E-state index >= 15 is 0 Å². The van der Waals surface area contributed by atoms with Gasteiger partial charge in [0.1, 0.15) is 5.54 Å². The second-order valence-corrected chi connectivity index (χ2v) is 8.61. The van der Waals surface area contributed by atoms with Gasteiger partial charge in [0, 0.05) is 11.3 Å². The number of hydrogen-bond donors (Lipinski definition) is 2. The quantitative estimate of drug-likeness (QED) is 0.583. The van der Waals surface area contributed by atoms with Crippen LogP contribution in [0, 0.1) is 0 Å². The van der Waals surface area contributed by atoms with E-state index in [1.165, 1.54) is 4.90 Å². The van der Waals surface area contributed by atoms with Gasteiger partial charge in [-0.15, -0.1) is 0 Å². The van der Waals surface area contributed by atoms with Gasteiger partial charge in [-0.05, 0) is 66.6 Å². The lowest BCUT2D eigenvalue weighted by Crippen LogP contribution is -2.44. The maximum atomic E-state index is 13.6. The Bertz CT molecular complexity index is 1210. The van der Waals surface area contributed by atoms with Gasteiger partial charge >= 0.3 is 6.03 Å². The number of nitrogens with zero attached hydrogens (tertiary/aromatic N) is 1. The molecule has 166 valence electrons. The van der Waals surface area contributed by atoms with E-state index in [2.05, 4.69) is 10.6 Å². The number of rotatable bonds is 4. The number of para-hydroxylation sites is 1. The van der Waals surface area contributed by atoms with Crippen LogP contribution >= 0.6 is 0 Å². The zero-order valence-electron chi connectivity index (χ0n) is 18.2. The minimum Gasteiger partial charge on any atom is -0.322 e. The SMILES string of the molecule is O=C(Nc1ccccc1)c1ccc(CN2C(=O)N[C@@]3(CCCCc4ccccc43)C2=O)cc1. The molecule has 1 heterocycles. The van der Waals surface area contributed by atoms with Crippen LogP contribution in [0.25, 0.3) is 0 Å². The lowest BCUT2D eigenvalue weighted by atomic mass is 9.84. The first-order valence-electron chi connectivity index (χ1n) is 11.2. The van der Waals surface area contributed by atoms with E-state index in [4.69, 9.17) is 0 Å². The summed E-state index contributed by atoms with van der Waals surface area (Å²) in [4.78, 5) is 40.2. The molecule has 1 atom stereocenters. The van der Waals surface area contributed by atoms with Crippen LogP contribution in [-0.4, -0.2) is 22.7 Å². The predicted octanol–water partition coefficient (Wildman–Crippen LogP) is 4.61. The van der Waals surface area contributed by atoms with E-state index in [9.17, 15) is 14.4 Å². The van der Waals surface area contributed by atoms with Crippen LogP contribution in [0.4, 0.5) is 10.5 Å². The molecule has 2 aliphatic rings. The van der Waals surface area contributed by atoms with Crippen molar-refractivity contribution in [1.82, 2.24) is 10.2 Å². The number of carbonyl (C=O) groups is 3. The number of anilines is 1. The molecule has 3 aromatic rings. The standard InChI is InChI=1S/C27H25N3O3/c31-24(28-22-10-2-1-3-11-22)21-15-13-19(14-16-21)18-30-25(32)27(29-26(30)33)17-7-6-9-20-8-4-5-12-23(20)27/h1-5,8,10-16H,6-7,9,17-18H2,(H,28,31)(H,29,33)/t27-/m1/s1. The van der Waals surface area contributed by atoms with Gasteiger partial charge in [-0.2, -0.15) is 0 Å². The van der Waals surface area contributed by atoms with Crippen molar-refractivity contribution in [2.24, 2.45) is 0 Å². The molecule has 1 fully saturated rings. The Kier molecular flexibility index (Phi) is 5.42. The van der Waals surface area contributed by atoms with Crippen molar-refractivity contribution >= 4 is 23.5 Å². The molecule has 0 radical (unpaired) electrons. The van der Waals surface area contributed by atoms with E-state index in [-0.39, 0.29) is 24.4 Å². The third kappa shape index (κ3) is 3.89. The first-order chi connectivity index (χ1) is 16.1. The second kappa shape index (κ2) is 8.54. The highest BCUT2D eigenvalue weighted by Gasteiger charge is 2.53. The summed E-state index contributed by atoms with van der Waals surface area (Å²) in [5, 5.41) is 5.87. The van der Waals surface area contributed by atoms with Crippen molar-refractivity contribution < 1.29 is 14.4 Å². The molecule has 1 spiro atoms. The van der Waals surface area contributed by atoms with Gasteiger partial charge < -0.3 is 10.6 Å². The molecule has 0 saturated carbocycles. The molecule has 2 N–H and O–H groups in total. The molecule has 33 heavy (non-hydrogen) atoms. The van der Waals surface area contributed by atoms with E-state index in [1.807, 2.05) is 54.6 Å². The molecule has 0 unspecified atom stereocenters. The number of nitrogens with one attached hydrogen (secondary N) is 2. The Morgan fingerprint density at radius 1 is 0.909 bits per heavy atom. The monoisotopic (exact) mass is 439 g/mol. The summed E-state index contributed by atoms with van der Waals surface area (Å²) < 4.78 is 0. The van der Waals surface area contributed by atoms with Gasteiger partial charge in [0.05, 0.1) is 6.54 Å². The molecular formula is C27H25N3O3. The lowest BCUT2D eigenvalue weighted by Gasteiger charge is -2.27. The largest absolute Gasteiger partial charge is 0.325 e. The zero-order valence-corrected chi connectivity index (χ0v) is 18.2. The van der Waals surface area contributed by atoms with Crippen LogP contribution in [0.1, 0.15) is 46.3 Å². The Hall–Kier alpha value is -3.93. The third-order valence-corrected chi connectivity index (χ3v) is 6.49. The fourth-order valence-corrected chi connectivity index (χ4v) is 4.79. The molecule has 1 aliphatic carbocycles. The number of urea groups is 1. The third-order valence-electron chi connectivity index (χ3n) is 6.49. The number of hydrogen-bond acceptors (Lipinski definition) is 3. The lowest BCUT2D eigenvalue weighted by molar-refractivity contribution is -0.132. The Balaban J connectivity index is 1.33. The highest BCUT2D eigenvalue weighted by atomic mass is 16.2. The number of benzene rings is 3.